The summed E-state index contributed by atoms with van der Waals surface area (Å²) in [4.78, 5) is 25.1. The van der Waals surface area contributed by atoms with Crippen molar-refractivity contribution >= 4 is 17.5 Å². The lowest BCUT2D eigenvalue weighted by Gasteiger charge is -2.30. The smallest absolute Gasteiger partial charge is 0.227 e. The summed E-state index contributed by atoms with van der Waals surface area (Å²) in [6.45, 7) is 2.10. The van der Waals surface area contributed by atoms with Gasteiger partial charge in [0.15, 0.2) is 0 Å². The number of anilines is 1. The van der Waals surface area contributed by atoms with Crippen molar-refractivity contribution in [1.29, 1.82) is 0 Å². The maximum absolute atomic E-state index is 12.6. The van der Waals surface area contributed by atoms with Gasteiger partial charge in [-0.15, -0.1) is 0 Å². The Hall–Kier alpha value is -1.84. The van der Waals surface area contributed by atoms with Crippen LogP contribution in [0.2, 0.25) is 0 Å². The third-order valence-corrected chi connectivity index (χ3v) is 6.08. The highest BCUT2D eigenvalue weighted by Crippen LogP contribution is 2.31. The van der Waals surface area contributed by atoms with Crippen molar-refractivity contribution < 1.29 is 9.59 Å². The molecule has 26 heavy (non-hydrogen) atoms. The number of aryl methyl sites for hydroxylation is 1. The Morgan fingerprint density at radius 2 is 1.50 bits per heavy atom. The molecular formula is C22H32N2O2. The van der Waals surface area contributed by atoms with E-state index in [2.05, 4.69) is 23.6 Å². The van der Waals surface area contributed by atoms with Crippen molar-refractivity contribution in [3.05, 3.63) is 29.8 Å². The van der Waals surface area contributed by atoms with Crippen LogP contribution in [0.25, 0.3) is 0 Å². The maximum atomic E-state index is 12.6. The Morgan fingerprint density at radius 3 is 2.15 bits per heavy atom. The monoisotopic (exact) mass is 356 g/mol. The molecule has 2 amide bonds. The van der Waals surface area contributed by atoms with E-state index in [4.69, 9.17) is 0 Å². The van der Waals surface area contributed by atoms with Crippen LogP contribution in [-0.2, 0) is 16.0 Å². The van der Waals surface area contributed by atoms with E-state index in [-0.39, 0.29) is 23.7 Å². The fourth-order valence-electron chi connectivity index (χ4n) is 4.37. The number of carbonyl (C=O) groups is 2. The largest absolute Gasteiger partial charge is 0.353 e. The molecule has 2 aliphatic carbocycles. The summed E-state index contributed by atoms with van der Waals surface area (Å²) in [5.74, 6) is 0.437. The van der Waals surface area contributed by atoms with Gasteiger partial charge in [-0.25, -0.2) is 0 Å². The highest BCUT2D eigenvalue weighted by atomic mass is 16.2. The number of benzene rings is 1. The third-order valence-electron chi connectivity index (χ3n) is 6.08. The minimum Gasteiger partial charge on any atom is -0.353 e. The number of nitrogens with one attached hydrogen (secondary N) is 2. The number of amides is 2. The average Bonchev–Trinajstić information content (AvgIpc) is 2.69. The molecule has 1 aromatic rings. The Morgan fingerprint density at radius 1 is 0.885 bits per heavy atom. The lowest BCUT2D eigenvalue weighted by atomic mass is 9.80. The molecule has 0 spiro atoms. The Kier molecular flexibility index (Phi) is 6.70. The lowest BCUT2D eigenvalue weighted by Crippen LogP contribution is -2.41. The van der Waals surface area contributed by atoms with E-state index in [0.717, 1.165) is 50.6 Å². The molecule has 2 saturated carbocycles. The van der Waals surface area contributed by atoms with Crippen molar-refractivity contribution in [3.63, 3.8) is 0 Å². The summed E-state index contributed by atoms with van der Waals surface area (Å²) in [5.41, 5.74) is 2.10. The molecule has 0 radical (unpaired) electrons. The first kappa shape index (κ1) is 18.9. The second kappa shape index (κ2) is 9.20. The molecule has 0 aliphatic heterocycles. The maximum Gasteiger partial charge on any atom is 0.227 e. The summed E-state index contributed by atoms with van der Waals surface area (Å²) in [7, 11) is 0. The SMILES string of the molecule is CCc1ccccc1NC(=O)C1CCC(C(=O)NC2CCCCC2)CC1. The molecule has 0 saturated heterocycles. The van der Waals surface area contributed by atoms with Crippen LogP contribution in [0, 0.1) is 11.8 Å². The van der Waals surface area contributed by atoms with Crippen molar-refractivity contribution in [3.8, 4) is 0 Å². The van der Waals surface area contributed by atoms with Crippen LogP contribution in [0.5, 0.6) is 0 Å². The molecule has 3 rings (SSSR count). The first-order valence-electron chi connectivity index (χ1n) is 10.4. The molecule has 2 fully saturated rings. The van der Waals surface area contributed by atoms with Gasteiger partial charge in [0.2, 0.25) is 11.8 Å². The second-order valence-electron chi connectivity index (χ2n) is 7.89. The highest BCUT2D eigenvalue weighted by Gasteiger charge is 2.31. The van der Waals surface area contributed by atoms with E-state index in [1.165, 1.54) is 24.8 Å². The zero-order valence-electron chi connectivity index (χ0n) is 15.9. The van der Waals surface area contributed by atoms with Crippen molar-refractivity contribution in [2.24, 2.45) is 11.8 Å². The molecule has 1 aromatic carbocycles. The highest BCUT2D eigenvalue weighted by molar-refractivity contribution is 5.93. The number of para-hydroxylation sites is 1. The zero-order valence-corrected chi connectivity index (χ0v) is 15.9. The van der Waals surface area contributed by atoms with E-state index in [1.807, 2.05) is 18.2 Å². The van der Waals surface area contributed by atoms with E-state index in [1.54, 1.807) is 0 Å². The van der Waals surface area contributed by atoms with Gasteiger partial charge in [0, 0.05) is 23.6 Å². The van der Waals surface area contributed by atoms with Gasteiger partial charge >= 0.3 is 0 Å². The van der Waals surface area contributed by atoms with Crippen LogP contribution in [0.1, 0.15) is 70.3 Å². The standard InChI is InChI=1S/C22H32N2O2/c1-2-16-8-6-7-11-20(16)24-22(26)18-14-12-17(13-15-18)21(25)23-19-9-4-3-5-10-19/h6-8,11,17-19H,2-5,9-10,12-15H2,1H3,(H,23,25)(H,24,26). The van der Waals surface area contributed by atoms with Crippen LogP contribution >= 0.6 is 0 Å². The number of rotatable bonds is 5. The van der Waals surface area contributed by atoms with Gasteiger partial charge in [-0.05, 0) is 56.6 Å². The molecular weight excluding hydrogens is 324 g/mol. The fraction of sp³-hybridized carbons (Fsp3) is 0.636. The quantitative estimate of drug-likeness (QED) is 0.819. The van der Waals surface area contributed by atoms with Gasteiger partial charge in [-0.3, -0.25) is 9.59 Å². The molecule has 0 bridgehead atoms. The predicted octanol–water partition coefficient (Wildman–Crippen LogP) is 4.44. The lowest BCUT2D eigenvalue weighted by molar-refractivity contribution is -0.129. The zero-order chi connectivity index (χ0) is 18.4. The minimum absolute atomic E-state index is 0.0265. The van der Waals surface area contributed by atoms with Gasteiger partial charge in [-0.2, -0.15) is 0 Å². The minimum atomic E-state index is 0.0265. The van der Waals surface area contributed by atoms with Gasteiger partial charge in [0.05, 0.1) is 0 Å². The van der Waals surface area contributed by atoms with Crippen LogP contribution in [0.4, 0.5) is 5.69 Å². The van der Waals surface area contributed by atoms with E-state index < -0.39 is 0 Å². The summed E-state index contributed by atoms with van der Waals surface area (Å²) < 4.78 is 0. The number of hydrogen-bond acceptors (Lipinski definition) is 2. The molecule has 142 valence electrons. The summed E-state index contributed by atoms with van der Waals surface area (Å²) in [6.07, 6.45) is 10.2. The van der Waals surface area contributed by atoms with E-state index in [9.17, 15) is 9.59 Å². The molecule has 2 aliphatic rings. The normalized spacial score (nSPS) is 24.0. The third kappa shape index (κ3) is 4.87. The Bertz CT molecular complexity index is 614. The summed E-state index contributed by atoms with van der Waals surface area (Å²) >= 11 is 0. The van der Waals surface area contributed by atoms with Crippen molar-refractivity contribution in [2.45, 2.75) is 77.2 Å². The van der Waals surface area contributed by atoms with Gasteiger partial charge in [-0.1, -0.05) is 44.4 Å². The van der Waals surface area contributed by atoms with Crippen LogP contribution in [0.15, 0.2) is 24.3 Å². The van der Waals surface area contributed by atoms with Crippen molar-refractivity contribution in [2.75, 3.05) is 5.32 Å². The molecule has 4 heteroatoms. The average molecular weight is 357 g/mol. The summed E-state index contributed by atoms with van der Waals surface area (Å²) in [6, 6.07) is 8.37. The second-order valence-corrected chi connectivity index (χ2v) is 7.89. The van der Waals surface area contributed by atoms with E-state index in [0.29, 0.717) is 6.04 Å². The topological polar surface area (TPSA) is 58.2 Å². The van der Waals surface area contributed by atoms with Crippen LogP contribution in [-0.4, -0.2) is 17.9 Å². The molecule has 0 unspecified atom stereocenters. The molecule has 0 atom stereocenters. The van der Waals surface area contributed by atoms with Crippen LogP contribution < -0.4 is 10.6 Å². The van der Waals surface area contributed by atoms with Gasteiger partial charge in [0.25, 0.3) is 0 Å². The molecule has 0 aromatic heterocycles. The van der Waals surface area contributed by atoms with Crippen molar-refractivity contribution in [1.82, 2.24) is 5.32 Å². The van der Waals surface area contributed by atoms with Crippen LogP contribution in [0.3, 0.4) is 0 Å². The Labute approximate surface area is 157 Å². The van der Waals surface area contributed by atoms with Gasteiger partial charge in [0.1, 0.15) is 0 Å². The molecule has 0 heterocycles. The first-order chi connectivity index (χ1) is 12.7. The number of carbonyl (C=O) groups excluding carboxylic acids is 2. The Balaban J connectivity index is 1.46. The van der Waals surface area contributed by atoms with Gasteiger partial charge < -0.3 is 10.6 Å². The van der Waals surface area contributed by atoms with E-state index >= 15 is 0 Å². The predicted molar refractivity (Wildman–Crippen MR) is 105 cm³/mol. The number of hydrogen-bond donors (Lipinski definition) is 2. The molecule has 4 nitrogen and oxygen atoms in total. The molecule has 2 N–H and O–H groups in total. The fourth-order valence-corrected chi connectivity index (χ4v) is 4.37. The first-order valence-corrected chi connectivity index (χ1v) is 10.4. The summed E-state index contributed by atoms with van der Waals surface area (Å²) in [5, 5.41) is 6.35.